The van der Waals surface area contributed by atoms with Crippen molar-refractivity contribution in [1.82, 2.24) is 30.0 Å². The van der Waals surface area contributed by atoms with Crippen LogP contribution in [0.4, 0.5) is 0 Å². The van der Waals surface area contributed by atoms with Crippen molar-refractivity contribution in [3.05, 3.63) is 71.1 Å². The number of aryl methyl sites for hydroxylation is 2. The van der Waals surface area contributed by atoms with E-state index < -0.39 is 0 Å². The number of nitrogens with one attached hydrogen (secondary N) is 1. The molecule has 1 aromatic carbocycles. The third-order valence-corrected chi connectivity index (χ3v) is 5.63. The van der Waals surface area contributed by atoms with Gasteiger partial charge in [0.05, 0.1) is 24.6 Å². The number of methoxy groups -OCH3 is 1. The van der Waals surface area contributed by atoms with Gasteiger partial charge in [-0.25, -0.2) is 9.97 Å². The number of ether oxygens (including phenoxy) is 1. The van der Waals surface area contributed by atoms with E-state index in [2.05, 4.69) is 25.3 Å². The molecular formula is C23H28N6O2. The van der Waals surface area contributed by atoms with E-state index in [0.29, 0.717) is 17.8 Å². The van der Waals surface area contributed by atoms with Gasteiger partial charge in [-0.3, -0.25) is 14.4 Å². The number of carbonyl (C=O) groups excluding carboxylic acids is 1. The van der Waals surface area contributed by atoms with Crippen molar-refractivity contribution in [2.24, 2.45) is 7.05 Å². The molecule has 1 amide bonds. The Bertz CT molecular complexity index is 1060. The molecule has 31 heavy (non-hydrogen) atoms. The smallest absolute Gasteiger partial charge is 0.254 e. The van der Waals surface area contributed by atoms with E-state index in [1.807, 2.05) is 55.3 Å². The molecule has 8 heteroatoms. The molecule has 8 nitrogen and oxygen atoms in total. The summed E-state index contributed by atoms with van der Waals surface area (Å²) < 4.78 is 7.06. The molecule has 4 rings (SSSR count). The first kappa shape index (κ1) is 21.0. The van der Waals surface area contributed by atoms with Crippen LogP contribution in [0, 0.1) is 6.92 Å². The molecule has 0 spiro atoms. The predicted octanol–water partition coefficient (Wildman–Crippen LogP) is 2.45. The highest BCUT2D eigenvalue weighted by Crippen LogP contribution is 2.26. The van der Waals surface area contributed by atoms with Crippen LogP contribution in [-0.4, -0.2) is 50.8 Å². The lowest BCUT2D eigenvalue weighted by atomic mass is 10.1. The molecule has 0 radical (unpaired) electrons. The van der Waals surface area contributed by atoms with Gasteiger partial charge >= 0.3 is 0 Å². The standard InChI is InChI=1S/C23H28N6O2/c1-16-21(23(30)25-10-17-5-4-6-20(9-17)31-3)12-24-22(27-16)19-7-8-29(15-19)14-18-11-26-28(2)13-18/h4-6,9,11-13,19H,7-8,10,14-15H2,1-3H3,(H,25,30)/t19-/m0/s1. The second-order valence-corrected chi connectivity index (χ2v) is 8.00. The van der Waals surface area contributed by atoms with Crippen LogP contribution in [0.2, 0.25) is 0 Å². The zero-order valence-corrected chi connectivity index (χ0v) is 18.2. The minimum Gasteiger partial charge on any atom is -0.497 e. The van der Waals surface area contributed by atoms with E-state index in [-0.39, 0.29) is 11.8 Å². The van der Waals surface area contributed by atoms with E-state index in [1.165, 1.54) is 5.56 Å². The predicted molar refractivity (Wildman–Crippen MR) is 117 cm³/mol. The first-order valence-corrected chi connectivity index (χ1v) is 10.5. The van der Waals surface area contributed by atoms with Crippen LogP contribution in [0.5, 0.6) is 5.75 Å². The average Bonchev–Trinajstić information content (AvgIpc) is 3.41. The maximum absolute atomic E-state index is 12.6. The Kier molecular flexibility index (Phi) is 6.27. The maximum atomic E-state index is 12.6. The zero-order valence-electron chi connectivity index (χ0n) is 18.2. The fourth-order valence-electron chi connectivity index (χ4n) is 3.96. The van der Waals surface area contributed by atoms with E-state index in [0.717, 1.165) is 43.2 Å². The molecule has 1 aliphatic heterocycles. The SMILES string of the molecule is COc1cccc(CNC(=O)c2cnc([C@H]3CCN(Cc4cnn(C)c4)C3)nc2C)c1. The molecule has 0 saturated carbocycles. The second-order valence-electron chi connectivity index (χ2n) is 8.00. The summed E-state index contributed by atoms with van der Waals surface area (Å²) in [5.74, 6) is 1.70. The summed E-state index contributed by atoms with van der Waals surface area (Å²) in [7, 11) is 3.56. The minimum atomic E-state index is -0.170. The molecule has 0 unspecified atom stereocenters. The second kappa shape index (κ2) is 9.26. The summed E-state index contributed by atoms with van der Waals surface area (Å²) in [6.07, 6.45) is 6.63. The summed E-state index contributed by atoms with van der Waals surface area (Å²) in [4.78, 5) is 24.2. The molecule has 1 atom stereocenters. The number of rotatable bonds is 7. The van der Waals surface area contributed by atoms with Crippen molar-refractivity contribution in [2.45, 2.75) is 32.4 Å². The Morgan fingerprint density at radius 1 is 1.29 bits per heavy atom. The molecule has 162 valence electrons. The number of hydrogen-bond donors (Lipinski definition) is 1. The van der Waals surface area contributed by atoms with Crippen molar-refractivity contribution in [3.8, 4) is 5.75 Å². The highest BCUT2D eigenvalue weighted by Gasteiger charge is 2.27. The van der Waals surface area contributed by atoms with E-state index in [1.54, 1.807) is 13.3 Å². The molecule has 3 aromatic rings. The first-order chi connectivity index (χ1) is 15.0. The van der Waals surface area contributed by atoms with Gasteiger partial charge in [-0.2, -0.15) is 5.10 Å². The monoisotopic (exact) mass is 420 g/mol. The van der Waals surface area contributed by atoms with Crippen molar-refractivity contribution >= 4 is 5.91 Å². The summed E-state index contributed by atoms with van der Waals surface area (Å²) in [6, 6.07) is 7.64. The van der Waals surface area contributed by atoms with Gasteiger partial charge in [0.1, 0.15) is 11.6 Å². The number of nitrogens with zero attached hydrogens (tertiary/aromatic N) is 5. The third-order valence-electron chi connectivity index (χ3n) is 5.63. The van der Waals surface area contributed by atoms with Gasteiger partial charge in [0.15, 0.2) is 0 Å². The van der Waals surface area contributed by atoms with Crippen LogP contribution in [0.3, 0.4) is 0 Å². The van der Waals surface area contributed by atoms with E-state index in [4.69, 9.17) is 4.74 Å². The Balaban J connectivity index is 1.35. The number of likely N-dealkylation sites (tertiary alicyclic amines) is 1. The van der Waals surface area contributed by atoms with Gasteiger partial charge in [0.2, 0.25) is 0 Å². The Morgan fingerprint density at radius 2 is 2.16 bits per heavy atom. The van der Waals surface area contributed by atoms with Crippen molar-refractivity contribution < 1.29 is 9.53 Å². The summed E-state index contributed by atoms with van der Waals surface area (Å²) in [6.45, 7) is 5.09. The molecule has 1 saturated heterocycles. The molecule has 2 aromatic heterocycles. The van der Waals surface area contributed by atoms with Gasteiger partial charge < -0.3 is 10.1 Å². The van der Waals surface area contributed by atoms with Crippen LogP contribution >= 0.6 is 0 Å². The Morgan fingerprint density at radius 3 is 2.90 bits per heavy atom. The molecule has 1 fully saturated rings. The molecule has 0 aliphatic carbocycles. The van der Waals surface area contributed by atoms with Crippen molar-refractivity contribution in [3.63, 3.8) is 0 Å². The summed E-state index contributed by atoms with van der Waals surface area (Å²) in [5.41, 5.74) is 3.40. The summed E-state index contributed by atoms with van der Waals surface area (Å²) >= 11 is 0. The lowest BCUT2D eigenvalue weighted by Crippen LogP contribution is -2.25. The van der Waals surface area contributed by atoms with Gasteiger partial charge in [-0.15, -0.1) is 0 Å². The lowest BCUT2D eigenvalue weighted by molar-refractivity contribution is 0.0949. The molecule has 0 bridgehead atoms. The van der Waals surface area contributed by atoms with Crippen molar-refractivity contribution in [2.75, 3.05) is 20.2 Å². The molecular weight excluding hydrogens is 392 g/mol. The normalized spacial score (nSPS) is 16.4. The van der Waals surface area contributed by atoms with Crippen molar-refractivity contribution in [1.29, 1.82) is 0 Å². The number of carbonyl (C=O) groups is 1. The fraction of sp³-hybridized carbons (Fsp3) is 0.391. The molecule has 1 aliphatic rings. The Labute approximate surface area is 182 Å². The van der Waals surface area contributed by atoms with Crippen LogP contribution in [-0.2, 0) is 20.1 Å². The number of benzene rings is 1. The van der Waals surface area contributed by atoms with Crippen LogP contribution < -0.4 is 10.1 Å². The molecule has 1 N–H and O–H groups in total. The fourth-order valence-corrected chi connectivity index (χ4v) is 3.96. The van der Waals surface area contributed by atoms with Crippen LogP contribution in [0.25, 0.3) is 0 Å². The highest BCUT2D eigenvalue weighted by molar-refractivity contribution is 5.94. The maximum Gasteiger partial charge on any atom is 0.254 e. The largest absolute Gasteiger partial charge is 0.497 e. The van der Waals surface area contributed by atoms with Gasteiger partial charge in [0, 0.05) is 50.6 Å². The van der Waals surface area contributed by atoms with E-state index in [9.17, 15) is 4.79 Å². The first-order valence-electron chi connectivity index (χ1n) is 10.5. The quantitative estimate of drug-likeness (QED) is 0.632. The topological polar surface area (TPSA) is 85.2 Å². The zero-order chi connectivity index (χ0) is 21.8. The Hall–Kier alpha value is -3.26. The van der Waals surface area contributed by atoms with Gasteiger partial charge in [-0.05, 0) is 37.6 Å². The lowest BCUT2D eigenvalue weighted by Gasteiger charge is -2.15. The van der Waals surface area contributed by atoms with Gasteiger partial charge in [-0.1, -0.05) is 12.1 Å². The van der Waals surface area contributed by atoms with Crippen LogP contribution in [0.15, 0.2) is 42.9 Å². The number of aromatic nitrogens is 4. The number of amides is 1. The number of hydrogen-bond acceptors (Lipinski definition) is 6. The highest BCUT2D eigenvalue weighted by atomic mass is 16.5. The molecule has 3 heterocycles. The summed E-state index contributed by atoms with van der Waals surface area (Å²) in [5, 5.41) is 7.18. The van der Waals surface area contributed by atoms with Crippen LogP contribution in [0.1, 0.15) is 45.3 Å². The third kappa shape index (κ3) is 5.08. The van der Waals surface area contributed by atoms with E-state index >= 15 is 0 Å². The minimum absolute atomic E-state index is 0.170. The average molecular weight is 421 g/mol. The van der Waals surface area contributed by atoms with Gasteiger partial charge in [0.25, 0.3) is 5.91 Å².